The number of hydrogen-bond acceptors (Lipinski definition) is 4. The summed E-state index contributed by atoms with van der Waals surface area (Å²) >= 11 is 0. The zero-order chi connectivity index (χ0) is 12.3. The summed E-state index contributed by atoms with van der Waals surface area (Å²) in [6, 6.07) is 4.65. The largest absolute Gasteiger partial charge is 0.398 e. The molecule has 0 unspecified atom stereocenters. The fraction of sp³-hybridized carbons (Fsp3) is 0.455. The molecule has 5 nitrogen and oxygen atoms in total. The van der Waals surface area contributed by atoms with Gasteiger partial charge in [0.15, 0.2) is 0 Å². The Morgan fingerprint density at radius 3 is 2.56 bits per heavy atom. The molecule has 0 bridgehead atoms. The van der Waals surface area contributed by atoms with Gasteiger partial charge < -0.3 is 10.6 Å². The zero-order valence-electron chi connectivity index (χ0n) is 9.80. The van der Waals surface area contributed by atoms with Crippen LogP contribution in [0, 0.1) is 16.0 Å². The number of nitrogens with two attached hydrogens (primary N) is 1. The van der Waals surface area contributed by atoms with E-state index in [0.29, 0.717) is 11.6 Å². The van der Waals surface area contributed by atoms with Crippen molar-refractivity contribution in [3.05, 3.63) is 28.3 Å². The third-order valence-corrected chi connectivity index (χ3v) is 2.22. The van der Waals surface area contributed by atoms with Crippen LogP contribution in [0.3, 0.4) is 0 Å². The van der Waals surface area contributed by atoms with Crippen LogP contribution in [0.15, 0.2) is 18.2 Å². The van der Waals surface area contributed by atoms with Crippen LogP contribution in [0.4, 0.5) is 17.1 Å². The Balaban J connectivity index is 3.00. The highest BCUT2D eigenvalue weighted by atomic mass is 16.6. The SMILES string of the molecule is CC(C)CN(C)c1cc(N)cc([N+](=O)[O-])c1. The number of non-ortho nitro benzene ring substituents is 1. The minimum absolute atomic E-state index is 0.0330. The van der Waals surface area contributed by atoms with Crippen molar-refractivity contribution in [3.8, 4) is 0 Å². The third kappa shape index (κ3) is 3.12. The van der Waals surface area contributed by atoms with E-state index in [-0.39, 0.29) is 5.69 Å². The van der Waals surface area contributed by atoms with Gasteiger partial charge >= 0.3 is 0 Å². The number of nitro groups is 1. The molecule has 0 amide bonds. The van der Waals surface area contributed by atoms with Gasteiger partial charge in [-0.05, 0) is 12.0 Å². The lowest BCUT2D eigenvalue weighted by Gasteiger charge is -2.21. The van der Waals surface area contributed by atoms with Gasteiger partial charge in [0.05, 0.1) is 4.92 Å². The Bertz CT molecular complexity index is 391. The Kier molecular flexibility index (Phi) is 3.71. The van der Waals surface area contributed by atoms with Gasteiger partial charge in [0.25, 0.3) is 5.69 Å². The predicted octanol–water partition coefficient (Wildman–Crippen LogP) is 2.27. The fourth-order valence-corrected chi connectivity index (χ4v) is 1.60. The van der Waals surface area contributed by atoms with Gasteiger partial charge in [0.1, 0.15) is 0 Å². The summed E-state index contributed by atoms with van der Waals surface area (Å²) < 4.78 is 0. The second-order valence-corrected chi connectivity index (χ2v) is 4.31. The van der Waals surface area contributed by atoms with Crippen molar-refractivity contribution in [2.45, 2.75) is 13.8 Å². The molecule has 0 saturated carbocycles. The highest BCUT2D eigenvalue weighted by Gasteiger charge is 2.11. The molecule has 88 valence electrons. The molecular weight excluding hydrogens is 206 g/mol. The van der Waals surface area contributed by atoms with Gasteiger partial charge in [0, 0.05) is 37.1 Å². The standard InChI is InChI=1S/C11H17N3O2/c1-8(2)7-13(3)10-4-9(12)5-11(6-10)14(15)16/h4-6,8H,7,12H2,1-3H3. The second-order valence-electron chi connectivity index (χ2n) is 4.31. The first-order valence-corrected chi connectivity index (χ1v) is 5.16. The predicted molar refractivity (Wildman–Crippen MR) is 65.6 cm³/mol. The number of hydrogen-bond donors (Lipinski definition) is 1. The lowest BCUT2D eigenvalue weighted by atomic mass is 10.2. The summed E-state index contributed by atoms with van der Waals surface area (Å²) in [5, 5.41) is 10.7. The van der Waals surface area contributed by atoms with Crippen LogP contribution in [0.5, 0.6) is 0 Å². The van der Waals surface area contributed by atoms with Crippen molar-refractivity contribution in [3.63, 3.8) is 0 Å². The Hall–Kier alpha value is -1.78. The molecule has 0 spiro atoms. The van der Waals surface area contributed by atoms with Crippen LogP contribution < -0.4 is 10.6 Å². The molecule has 0 aromatic heterocycles. The Morgan fingerprint density at radius 2 is 2.06 bits per heavy atom. The minimum Gasteiger partial charge on any atom is -0.398 e. The van der Waals surface area contributed by atoms with Crippen molar-refractivity contribution in [1.82, 2.24) is 0 Å². The van der Waals surface area contributed by atoms with E-state index >= 15 is 0 Å². The van der Waals surface area contributed by atoms with E-state index in [4.69, 9.17) is 5.73 Å². The van der Waals surface area contributed by atoms with E-state index in [9.17, 15) is 10.1 Å². The van der Waals surface area contributed by atoms with Crippen LogP contribution in [0.25, 0.3) is 0 Å². The van der Waals surface area contributed by atoms with E-state index in [1.807, 2.05) is 11.9 Å². The van der Waals surface area contributed by atoms with Gasteiger partial charge in [0.2, 0.25) is 0 Å². The first kappa shape index (κ1) is 12.3. The normalized spacial score (nSPS) is 10.5. The zero-order valence-corrected chi connectivity index (χ0v) is 9.80. The van der Waals surface area contributed by atoms with Crippen molar-refractivity contribution < 1.29 is 4.92 Å². The van der Waals surface area contributed by atoms with Crippen molar-refractivity contribution in [1.29, 1.82) is 0 Å². The van der Waals surface area contributed by atoms with Crippen LogP contribution in [-0.2, 0) is 0 Å². The molecule has 0 aliphatic rings. The van der Waals surface area contributed by atoms with Crippen molar-refractivity contribution in [2.75, 3.05) is 24.2 Å². The van der Waals surface area contributed by atoms with Crippen molar-refractivity contribution in [2.24, 2.45) is 5.92 Å². The van der Waals surface area contributed by atoms with Gasteiger partial charge in [-0.25, -0.2) is 0 Å². The molecule has 16 heavy (non-hydrogen) atoms. The van der Waals surface area contributed by atoms with Crippen LogP contribution in [0.1, 0.15) is 13.8 Å². The van der Waals surface area contributed by atoms with E-state index in [2.05, 4.69) is 13.8 Å². The number of nitrogens with zero attached hydrogens (tertiary/aromatic N) is 2. The maximum Gasteiger partial charge on any atom is 0.273 e. The molecule has 0 radical (unpaired) electrons. The van der Waals surface area contributed by atoms with Gasteiger partial charge in [-0.3, -0.25) is 10.1 Å². The molecule has 0 fully saturated rings. The van der Waals surface area contributed by atoms with Crippen LogP contribution in [-0.4, -0.2) is 18.5 Å². The van der Waals surface area contributed by atoms with E-state index in [1.165, 1.54) is 6.07 Å². The lowest BCUT2D eigenvalue weighted by Crippen LogP contribution is -2.22. The monoisotopic (exact) mass is 223 g/mol. The molecular formula is C11H17N3O2. The van der Waals surface area contributed by atoms with Crippen molar-refractivity contribution >= 4 is 17.1 Å². The number of rotatable bonds is 4. The van der Waals surface area contributed by atoms with E-state index in [1.54, 1.807) is 12.1 Å². The smallest absolute Gasteiger partial charge is 0.273 e. The minimum atomic E-state index is -0.428. The average Bonchev–Trinajstić information content (AvgIpc) is 2.15. The van der Waals surface area contributed by atoms with Gasteiger partial charge in [-0.15, -0.1) is 0 Å². The number of anilines is 2. The molecule has 0 atom stereocenters. The van der Waals surface area contributed by atoms with Crippen LogP contribution in [0.2, 0.25) is 0 Å². The topological polar surface area (TPSA) is 72.4 Å². The summed E-state index contributed by atoms with van der Waals surface area (Å²) in [4.78, 5) is 12.2. The van der Waals surface area contributed by atoms with E-state index < -0.39 is 4.92 Å². The van der Waals surface area contributed by atoms with Crippen LogP contribution >= 0.6 is 0 Å². The molecule has 0 aliphatic carbocycles. The number of nitro benzene ring substituents is 1. The highest BCUT2D eigenvalue weighted by molar-refractivity contribution is 5.62. The van der Waals surface area contributed by atoms with E-state index in [0.717, 1.165) is 12.2 Å². The van der Waals surface area contributed by atoms with Gasteiger partial charge in [-0.1, -0.05) is 13.8 Å². The summed E-state index contributed by atoms with van der Waals surface area (Å²) in [5.74, 6) is 0.491. The molecule has 2 N–H and O–H groups in total. The molecule has 1 aromatic rings. The fourth-order valence-electron chi connectivity index (χ4n) is 1.60. The maximum atomic E-state index is 10.7. The summed E-state index contributed by atoms with van der Waals surface area (Å²) in [5.41, 5.74) is 6.86. The second kappa shape index (κ2) is 4.83. The molecule has 0 aliphatic heterocycles. The molecule has 5 heteroatoms. The molecule has 1 aromatic carbocycles. The third-order valence-electron chi connectivity index (χ3n) is 2.22. The Labute approximate surface area is 95.0 Å². The first-order valence-electron chi connectivity index (χ1n) is 5.16. The summed E-state index contributed by atoms with van der Waals surface area (Å²) in [6.07, 6.45) is 0. The number of nitrogen functional groups attached to an aromatic ring is 1. The lowest BCUT2D eigenvalue weighted by molar-refractivity contribution is -0.384. The summed E-state index contributed by atoms with van der Waals surface area (Å²) in [7, 11) is 1.90. The number of benzene rings is 1. The average molecular weight is 223 g/mol. The molecule has 0 saturated heterocycles. The van der Waals surface area contributed by atoms with Gasteiger partial charge in [-0.2, -0.15) is 0 Å². The summed E-state index contributed by atoms with van der Waals surface area (Å²) in [6.45, 7) is 5.02. The molecule has 1 rings (SSSR count). The quantitative estimate of drug-likeness (QED) is 0.483. The Morgan fingerprint density at radius 1 is 1.44 bits per heavy atom. The highest BCUT2D eigenvalue weighted by Crippen LogP contribution is 2.25. The first-order chi connectivity index (χ1) is 7.40. The maximum absolute atomic E-state index is 10.7. The molecule has 0 heterocycles.